The Labute approximate surface area is 165 Å². The Morgan fingerprint density at radius 1 is 1.04 bits per heavy atom. The molecule has 2 aliphatic heterocycles. The summed E-state index contributed by atoms with van der Waals surface area (Å²) < 4.78 is 2.21. The van der Waals surface area contributed by atoms with Crippen LogP contribution in [0, 0.1) is 13.8 Å². The molecule has 1 amide bonds. The first-order valence-electron chi connectivity index (χ1n) is 9.60. The van der Waals surface area contributed by atoms with Gasteiger partial charge >= 0.3 is 0 Å². The lowest BCUT2D eigenvalue weighted by molar-refractivity contribution is 0.0746. The van der Waals surface area contributed by atoms with Gasteiger partial charge in [0, 0.05) is 50.4 Å². The van der Waals surface area contributed by atoms with E-state index in [2.05, 4.69) is 46.2 Å². The first-order chi connectivity index (χ1) is 13.1. The summed E-state index contributed by atoms with van der Waals surface area (Å²) in [5.74, 6) is 2.18. The van der Waals surface area contributed by atoms with Gasteiger partial charge in [0.25, 0.3) is 5.91 Å². The van der Waals surface area contributed by atoms with Crippen LogP contribution in [0.2, 0.25) is 0 Å². The van der Waals surface area contributed by atoms with E-state index in [4.69, 9.17) is 0 Å². The predicted molar refractivity (Wildman–Crippen MR) is 113 cm³/mol. The zero-order valence-corrected chi connectivity index (χ0v) is 16.8. The predicted octanol–water partition coefficient (Wildman–Crippen LogP) is 3.52. The van der Waals surface area contributed by atoms with Crippen molar-refractivity contribution in [2.75, 3.05) is 47.7 Å². The topological polar surface area (TPSA) is 39.7 Å². The van der Waals surface area contributed by atoms with E-state index < -0.39 is 0 Å². The Hall–Kier alpha value is -2.21. The van der Waals surface area contributed by atoms with Crippen LogP contribution in [0.5, 0.6) is 0 Å². The second-order valence-corrected chi connectivity index (χ2v) is 8.37. The molecule has 1 aromatic carbocycles. The molecule has 0 radical (unpaired) electrons. The standard InChI is InChI=1S/C21H26N4OS/c1-16-4-6-19(17(2)14-16)23-9-11-24(12-10-23)21(26)18-5-7-20(22-15-18)25-8-3-13-27-25/h4-7,14-15H,3,8-13H2,1-2H3. The molecule has 0 N–H and O–H groups in total. The zero-order valence-electron chi connectivity index (χ0n) is 16.0. The quantitative estimate of drug-likeness (QED) is 0.760. The molecule has 0 spiro atoms. The number of hydrogen-bond acceptors (Lipinski definition) is 5. The summed E-state index contributed by atoms with van der Waals surface area (Å²) in [6.45, 7) is 8.54. The fourth-order valence-corrected chi connectivity index (χ4v) is 4.76. The van der Waals surface area contributed by atoms with Crippen LogP contribution in [-0.2, 0) is 0 Å². The summed E-state index contributed by atoms with van der Waals surface area (Å²) in [5.41, 5.74) is 4.55. The van der Waals surface area contributed by atoms with Crippen molar-refractivity contribution in [2.24, 2.45) is 0 Å². The number of rotatable bonds is 3. The number of hydrogen-bond donors (Lipinski definition) is 0. The van der Waals surface area contributed by atoms with Crippen molar-refractivity contribution in [2.45, 2.75) is 20.3 Å². The zero-order chi connectivity index (χ0) is 18.8. The van der Waals surface area contributed by atoms with Gasteiger partial charge in [0.05, 0.1) is 5.56 Å². The van der Waals surface area contributed by atoms with Crippen molar-refractivity contribution in [3.63, 3.8) is 0 Å². The molecule has 2 aliphatic rings. The molecular formula is C21H26N4OS. The molecule has 5 nitrogen and oxygen atoms in total. The molecule has 2 fully saturated rings. The number of pyridine rings is 1. The van der Waals surface area contributed by atoms with Gasteiger partial charge in [-0.15, -0.1) is 0 Å². The number of aromatic nitrogens is 1. The van der Waals surface area contributed by atoms with Gasteiger partial charge in [-0.2, -0.15) is 0 Å². The fraction of sp³-hybridized carbons (Fsp3) is 0.429. The number of nitrogens with zero attached hydrogens (tertiary/aromatic N) is 4. The minimum atomic E-state index is 0.0865. The third-order valence-corrected chi connectivity index (χ3v) is 6.42. The summed E-state index contributed by atoms with van der Waals surface area (Å²) in [4.78, 5) is 21.7. The second kappa shape index (κ2) is 7.80. The summed E-state index contributed by atoms with van der Waals surface area (Å²) >= 11 is 1.81. The average molecular weight is 383 g/mol. The van der Waals surface area contributed by atoms with Crippen LogP contribution < -0.4 is 9.21 Å². The number of carbonyl (C=O) groups is 1. The van der Waals surface area contributed by atoms with Crippen molar-refractivity contribution in [3.05, 3.63) is 53.2 Å². The third-order valence-electron chi connectivity index (χ3n) is 5.26. The lowest BCUT2D eigenvalue weighted by Gasteiger charge is -2.37. The van der Waals surface area contributed by atoms with E-state index in [1.165, 1.54) is 23.2 Å². The second-order valence-electron chi connectivity index (χ2n) is 7.26. The number of piperazine rings is 1. The monoisotopic (exact) mass is 382 g/mol. The Morgan fingerprint density at radius 2 is 1.85 bits per heavy atom. The molecule has 2 saturated heterocycles. The van der Waals surface area contributed by atoms with E-state index >= 15 is 0 Å². The van der Waals surface area contributed by atoms with Gasteiger partial charge in [-0.1, -0.05) is 17.7 Å². The normalized spacial score (nSPS) is 17.5. The maximum atomic E-state index is 12.8. The third kappa shape index (κ3) is 3.90. The van der Waals surface area contributed by atoms with Gasteiger partial charge in [0.2, 0.25) is 0 Å². The van der Waals surface area contributed by atoms with E-state index in [1.807, 2.05) is 29.0 Å². The van der Waals surface area contributed by atoms with Gasteiger partial charge in [-0.3, -0.25) is 4.79 Å². The fourth-order valence-electron chi connectivity index (χ4n) is 3.78. The number of aryl methyl sites for hydroxylation is 2. The summed E-state index contributed by atoms with van der Waals surface area (Å²) in [6, 6.07) is 10.5. The van der Waals surface area contributed by atoms with Gasteiger partial charge in [0.1, 0.15) is 5.82 Å². The van der Waals surface area contributed by atoms with Crippen LogP contribution in [0.25, 0.3) is 0 Å². The highest BCUT2D eigenvalue weighted by Gasteiger charge is 2.23. The van der Waals surface area contributed by atoms with E-state index in [-0.39, 0.29) is 5.91 Å². The SMILES string of the molecule is Cc1ccc(N2CCN(C(=O)c3ccc(N4CCCS4)nc3)CC2)c(C)c1. The number of anilines is 2. The lowest BCUT2D eigenvalue weighted by atomic mass is 10.1. The average Bonchev–Trinajstić information content (AvgIpc) is 3.23. The van der Waals surface area contributed by atoms with E-state index in [0.29, 0.717) is 5.56 Å². The summed E-state index contributed by atoms with van der Waals surface area (Å²) in [6.07, 6.45) is 2.92. The van der Waals surface area contributed by atoms with Crippen LogP contribution in [0.4, 0.5) is 11.5 Å². The van der Waals surface area contributed by atoms with E-state index in [1.54, 1.807) is 6.20 Å². The van der Waals surface area contributed by atoms with E-state index in [0.717, 1.165) is 44.3 Å². The molecule has 3 heterocycles. The lowest BCUT2D eigenvalue weighted by Crippen LogP contribution is -2.49. The van der Waals surface area contributed by atoms with Crippen molar-refractivity contribution in [1.29, 1.82) is 0 Å². The van der Waals surface area contributed by atoms with Crippen molar-refractivity contribution < 1.29 is 4.79 Å². The van der Waals surface area contributed by atoms with Gasteiger partial charge in [-0.05, 0) is 56.0 Å². The maximum absolute atomic E-state index is 12.8. The molecule has 4 rings (SSSR count). The molecule has 27 heavy (non-hydrogen) atoms. The summed E-state index contributed by atoms with van der Waals surface area (Å²) in [5, 5.41) is 0. The minimum absolute atomic E-state index is 0.0865. The van der Waals surface area contributed by atoms with Crippen molar-refractivity contribution in [3.8, 4) is 0 Å². The molecule has 0 unspecified atom stereocenters. The molecule has 0 bridgehead atoms. The number of carbonyl (C=O) groups excluding carboxylic acids is 1. The van der Waals surface area contributed by atoms with Gasteiger partial charge in [0.15, 0.2) is 0 Å². The summed E-state index contributed by atoms with van der Waals surface area (Å²) in [7, 11) is 0. The minimum Gasteiger partial charge on any atom is -0.368 e. The molecular weight excluding hydrogens is 356 g/mol. The number of benzene rings is 1. The van der Waals surface area contributed by atoms with Crippen LogP contribution >= 0.6 is 11.9 Å². The Morgan fingerprint density at radius 3 is 2.48 bits per heavy atom. The van der Waals surface area contributed by atoms with Crippen LogP contribution in [0.3, 0.4) is 0 Å². The molecule has 6 heteroatoms. The smallest absolute Gasteiger partial charge is 0.255 e. The molecule has 0 saturated carbocycles. The van der Waals surface area contributed by atoms with Crippen LogP contribution in [0.15, 0.2) is 36.5 Å². The maximum Gasteiger partial charge on any atom is 0.255 e. The molecule has 0 aliphatic carbocycles. The first kappa shape index (κ1) is 18.2. The Balaban J connectivity index is 1.38. The van der Waals surface area contributed by atoms with Gasteiger partial charge in [-0.25, -0.2) is 4.98 Å². The Kier molecular flexibility index (Phi) is 5.25. The number of amides is 1. The highest BCUT2D eigenvalue weighted by atomic mass is 32.2. The van der Waals surface area contributed by atoms with E-state index in [9.17, 15) is 4.79 Å². The molecule has 142 valence electrons. The van der Waals surface area contributed by atoms with Crippen LogP contribution in [0.1, 0.15) is 27.9 Å². The highest BCUT2D eigenvalue weighted by molar-refractivity contribution is 8.00. The molecule has 2 aromatic rings. The Bertz CT molecular complexity index is 809. The van der Waals surface area contributed by atoms with Crippen LogP contribution in [-0.4, -0.2) is 54.3 Å². The molecule has 0 atom stereocenters. The largest absolute Gasteiger partial charge is 0.368 e. The van der Waals surface area contributed by atoms with Gasteiger partial charge < -0.3 is 14.1 Å². The first-order valence-corrected chi connectivity index (χ1v) is 10.5. The van der Waals surface area contributed by atoms with Crippen molar-refractivity contribution >= 4 is 29.4 Å². The van der Waals surface area contributed by atoms with Crippen molar-refractivity contribution in [1.82, 2.24) is 9.88 Å². The highest BCUT2D eigenvalue weighted by Crippen LogP contribution is 2.27. The molecule has 1 aromatic heterocycles.